The van der Waals surface area contributed by atoms with Gasteiger partial charge in [0.2, 0.25) is 5.96 Å². The first-order valence-corrected chi connectivity index (χ1v) is 8.20. The van der Waals surface area contributed by atoms with Gasteiger partial charge in [0.05, 0.1) is 11.8 Å². The van der Waals surface area contributed by atoms with E-state index in [1.165, 1.54) is 0 Å². The predicted molar refractivity (Wildman–Crippen MR) is 102 cm³/mol. The Morgan fingerprint density at radius 3 is 2.52 bits per heavy atom. The van der Waals surface area contributed by atoms with Crippen LogP contribution in [0.25, 0.3) is 0 Å². The maximum atomic E-state index is 9.34. The molecule has 0 radical (unpaired) electrons. The second-order valence-corrected chi connectivity index (χ2v) is 6.14. The van der Waals surface area contributed by atoms with Crippen molar-refractivity contribution in [3.05, 3.63) is 41.0 Å². The number of ether oxygens (including phenoxy) is 1. The van der Waals surface area contributed by atoms with E-state index in [9.17, 15) is 5.26 Å². The number of hydrogen-bond donors (Lipinski definition) is 4. The van der Waals surface area contributed by atoms with Gasteiger partial charge < -0.3 is 21.5 Å². The van der Waals surface area contributed by atoms with Crippen LogP contribution in [0.15, 0.2) is 29.3 Å². The largest absolute Gasteiger partial charge is 0.491 e. The second-order valence-electron chi connectivity index (χ2n) is 6.14. The zero-order valence-corrected chi connectivity index (χ0v) is 14.8. The lowest BCUT2D eigenvalue weighted by molar-refractivity contribution is 0.242. The Bertz CT molecular complexity index is 982. The van der Waals surface area contributed by atoms with Crippen molar-refractivity contribution < 1.29 is 4.74 Å². The van der Waals surface area contributed by atoms with Crippen molar-refractivity contribution in [2.75, 3.05) is 16.8 Å². The van der Waals surface area contributed by atoms with Crippen molar-refractivity contribution >= 4 is 23.3 Å². The van der Waals surface area contributed by atoms with E-state index in [4.69, 9.17) is 21.5 Å². The molecule has 9 nitrogen and oxygen atoms in total. The highest BCUT2D eigenvalue weighted by Crippen LogP contribution is 2.40. The summed E-state index contributed by atoms with van der Waals surface area (Å²) in [5.41, 5.74) is 13.7. The summed E-state index contributed by atoms with van der Waals surface area (Å²) in [6.07, 6.45) is 1.87. The summed E-state index contributed by atoms with van der Waals surface area (Å²) in [4.78, 5) is 8.72. The number of aromatic nitrogens is 1. The molecule has 0 spiro atoms. The first-order valence-electron chi connectivity index (χ1n) is 8.20. The van der Waals surface area contributed by atoms with Gasteiger partial charge >= 0.3 is 0 Å². The van der Waals surface area contributed by atoms with E-state index in [-0.39, 0.29) is 29.1 Å². The van der Waals surface area contributed by atoms with Crippen LogP contribution in [0, 0.1) is 22.8 Å². The van der Waals surface area contributed by atoms with Crippen LogP contribution in [-0.4, -0.2) is 17.0 Å². The molecule has 0 aliphatic carbocycles. The molecule has 1 atom stereocenters. The van der Waals surface area contributed by atoms with E-state index in [1.54, 1.807) is 0 Å². The third-order valence-electron chi connectivity index (χ3n) is 3.93. The SMILES string of the molecule is CC(C)Oc1ccc(C2N=C(NC#N)Nc3nc(N)c(C#N)c(N)c32)cc1. The number of aliphatic imine (C=N–C) groups is 1. The van der Waals surface area contributed by atoms with Gasteiger partial charge in [0, 0.05) is 5.56 Å². The van der Waals surface area contributed by atoms with Crippen molar-refractivity contribution in [1.29, 1.82) is 10.5 Å². The number of rotatable bonds is 3. The fourth-order valence-electron chi connectivity index (χ4n) is 2.82. The van der Waals surface area contributed by atoms with Crippen LogP contribution in [0.1, 0.15) is 36.6 Å². The van der Waals surface area contributed by atoms with Crippen LogP contribution < -0.4 is 26.8 Å². The van der Waals surface area contributed by atoms with E-state index < -0.39 is 6.04 Å². The van der Waals surface area contributed by atoms with E-state index in [0.717, 1.165) is 11.3 Å². The molecule has 2 aromatic rings. The second kappa shape index (κ2) is 7.10. The molecule has 0 bridgehead atoms. The highest BCUT2D eigenvalue weighted by Gasteiger charge is 2.29. The number of nitrogens with one attached hydrogen (secondary N) is 2. The standard InChI is InChI=1S/C18H18N8O/c1-9(2)27-11-5-3-10(4-6-11)15-13-14(21)12(7-19)16(22)25-17(13)26-18(24-15)23-8-20/h3-6,9,15H,1-2H3,(H6,21,22,23,24,25,26). The van der Waals surface area contributed by atoms with Crippen LogP contribution in [0.2, 0.25) is 0 Å². The zero-order chi connectivity index (χ0) is 19.6. The van der Waals surface area contributed by atoms with Gasteiger partial charge in [0.15, 0.2) is 6.19 Å². The normalized spacial score (nSPS) is 15.0. The van der Waals surface area contributed by atoms with Gasteiger partial charge in [-0.15, -0.1) is 0 Å². The van der Waals surface area contributed by atoms with Gasteiger partial charge in [-0.3, -0.25) is 5.32 Å². The number of nitrogens with zero attached hydrogens (tertiary/aromatic N) is 4. The monoisotopic (exact) mass is 362 g/mol. The summed E-state index contributed by atoms with van der Waals surface area (Å²) in [7, 11) is 0. The number of guanidine groups is 1. The van der Waals surface area contributed by atoms with Gasteiger partial charge in [-0.2, -0.15) is 10.5 Å². The lowest BCUT2D eigenvalue weighted by atomic mass is 9.95. The van der Waals surface area contributed by atoms with Crippen LogP contribution in [0.4, 0.5) is 17.3 Å². The number of hydrogen-bond acceptors (Lipinski definition) is 9. The van der Waals surface area contributed by atoms with Gasteiger partial charge in [0.25, 0.3) is 0 Å². The van der Waals surface area contributed by atoms with Gasteiger partial charge in [-0.25, -0.2) is 9.98 Å². The lowest BCUT2D eigenvalue weighted by Gasteiger charge is -2.26. The van der Waals surface area contributed by atoms with Crippen molar-refractivity contribution in [3.63, 3.8) is 0 Å². The molecule has 1 aliphatic heterocycles. The number of pyridine rings is 1. The molecule has 136 valence electrons. The third kappa shape index (κ3) is 3.39. The Labute approximate surface area is 156 Å². The van der Waals surface area contributed by atoms with Crippen molar-refractivity contribution in [2.45, 2.75) is 26.0 Å². The molecular weight excluding hydrogens is 344 g/mol. The van der Waals surface area contributed by atoms with Crippen molar-refractivity contribution in [3.8, 4) is 18.0 Å². The maximum absolute atomic E-state index is 9.34. The molecule has 1 aromatic carbocycles. The third-order valence-corrected chi connectivity index (χ3v) is 3.93. The maximum Gasteiger partial charge on any atom is 0.211 e. The molecule has 27 heavy (non-hydrogen) atoms. The molecule has 0 amide bonds. The first kappa shape index (κ1) is 17.8. The van der Waals surface area contributed by atoms with Crippen molar-refractivity contribution in [2.24, 2.45) is 4.99 Å². The van der Waals surface area contributed by atoms with Gasteiger partial charge in [-0.05, 0) is 31.5 Å². The number of nitriles is 2. The lowest BCUT2D eigenvalue weighted by Crippen LogP contribution is -2.32. The van der Waals surface area contributed by atoms with Gasteiger partial charge in [-0.1, -0.05) is 12.1 Å². The molecule has 2 heterocycles. The molecule has 3 rings (SSSR count). The molecule has 9 heteroatoms. The van der Waals surface area contributed by atoms with Crippen molar-refractivity contribution in [1.82, 2.24) is 10.3 Å². The zero-order valence-electron chi connectivity index (χ0n) is 14.8. The average Bonchev–Trinajstić information content (AvgIpc) is 2.61. The summed E-state index contributed by atoms with van der Waals surface area (Å²) < 4.78 is 5.66. The fourth-order valence-corrected chi connectivity index (χ4v) is 2.82. The number of benzene rings is 1. The molecule has 0 saturated carbocycles. The number of nitrogens with two attached hydrogens (primary N) is 2. The van der Waals surface area contributed by atoms with Crippen LogP contribution in [-0.2, 0) is 0 Å². The van der Waals surface area contributed by atoms with Gasteiger partial charge in [0.1, 0.15) is 35.1 Å². The Morgan fingerprint density at radius 1 is 1.22 bits per heavy atom. The first-order chi connectivity index (χ1) is 12.9. The highest BCUT2D eigenvalue weighted by atomic mass is 16.5. The van der Waals surface area contributed by atoms with Crippen LogP contribution in [0.3, 0.4) is 0 Å². The smallest absolute Gasteiger partial charge is 0.211 e. The van der Waals surface area contributed by atoms with Crippen LogP contribution >= 0.6 is 0 Å². The Kier molecular flexibility index (Phi) is 4.69. The quantitative estimate of drug-likeness (QED) is 0.475. The molecule has 1 unspecified atom stereocenters. The molecule has 1 aliphatic rings. The van der Waals surface area contributed by atoms with E-state index in [0.29, 0.717) is 11.4 Å². The summed E-state index contributed by atoms with van der Waals surface area (Å²) in [5.74, 6) is 1.31. The molecule has 0 saturated heterocycles. The Hall–Kier alpha value is -3.98. The predicted octanol–water partition coefficient (Wildman–Crippen LogP) is 1.85. The number of nitrogen functional groups attached to an aromatic ring is 2. The molecule has 6 N–H and O–H groups in total. The van der Waals surface area contributed by atoms with E-state index in [1.807, 2.05) is 50.4 Å². The molecular formula is C18H18N8O. The summed E-state index contributed by atoms with van der Waals surface area (Å²) in [6, 6.07) is 8.78. The molecule has 1 aromatic heterocycles. The summed E-state index contributed by atoms with van der Waals surface area (Å²) >= 11 is 0. The summed E-state index contributed by atoms with van der Waals surface area (Å²) in [6.45, 7) is 3.89. The minimum Gasteiger partial charge on any atom is -0.491 e. The highest BCUT2D eigenvalue weighted by molar-refractivity contribution is 5.98. The number of anilines is 3. The summed E-state index contributed by atoms with van der Waals surface area (Å²) in [5, 5.41) is 23.6. The van der Waals surface area contributed by atoms with Crippen LogP contribution in [0.5, 0.6) is 5.75 Å². The Morgan fingerprint density at radius 2 is 1.93 bits per heavy atom. The Balaban J connectivity index is 2.11. The van der Waals surface area contributed by atoms with E-state index >= 15 is 0 Å². The van der Waals surface area contributed by atoms with E-state index in [2.05, 4.69) is 20.6 Å². The average molecular weight is 362 g/mol. The fraction of sp³-hybridized carbons (Fsp3) is 0.222. The minimum atomic E-state index is -0.564. The number of fused-ring (bicyclic) bond motifs is 1. The molecule has 0 fully saturated rings. The topological polar surface area (TPSA) is 158 Å². The minimum absolute atomic E-state index is 0.0129.